The fraction of sp³-hybridized carbons (Fsp3) is 0.600. The van der Waals surface area contributed by atoms with Crippen LogP contribution in [-0.2, 0) is 4.74 Å². The minimum atomic E-state index is -0.474. The Hall–Kier alpha value is -0.810. The van der Waals surface area contributed by atoms with Crippen LogP contribution in [0.25, 0.3) is 0 Å². The summed E-state index contributed by atoms with van der Waals surface area (Å²) in [5.74, 6) is 0.729. The number of quaternary nitrogens is 1. The Labute approximate surface area is 125 Å². The first-order valence-corrected chi connectivity index (χ1v) is 7.46. The molecule has 0 aliphatic carbocycles. The van der Waals surface area contributed by atoms with Gasteiger partial charge < -0.3 is 19.5 Å². The average Bonchev–Trinajstić information content (AvgIpc) is 2.37. The van der Waals surface area contributed by atoms with Gasteiger partial charge >= 0.3 is 0 Å². The number of nitrogens with one attached hydrogen (secondary N) is 1. The van der Waals surface area contributed by atoms with Crippen molar-refractivity contribution in [1.29, 1.82) is 0 Å². The van der Waals surface area contributed by atoms with Gasteiger partial charge in [-0.15, -0.1) is 0 Å². The fourth-order valence-corrected chi connectivity index (χ4v) is 2.80. The summed E-state index contributed by atoms with van der Waals surface area (Å²) in [6, 6.07) is 7.17. The third-order valence-electron chi connectivity index (χ3n) is 3.40. The minimum absolute atomic E-state index is 0.248. The van der Waals surface area contributed by atoms with E-state index in [-0.39, 0.29) is 12.2 Å². The molecule has 1 saturated heterocycles. The molecule has 112 valence electrons. The van der Waals surface area contributed by atoms with Crippen LogP contribution in [0.15, 0.2) is 24.3 Å². The molecular formula is C15H23ClNO3+. The lowest BCUT2D eigenvalue weighted by Crippen LogP contribution is -3.16. The van der Waals surface area contributed by atoms with Crippen molar-refractivity contribution in [2.45, 2.75) is 32.2 Å². The van der Waals surface area contributed by atoms with Gasteiger partial charge in [-0.3, -0.25) is 0 Å². The van der Waals surface area contributed by atoms with E-state index in [4.69, 9.17) is 21.1 Å². The lowest BCUT2D eigenvalue weighted by molar-refractivity contribution is -0.918. The number of aliphatic hydroxyl groups is 1. The molecule has 5 heteroatoms. The summed E-state index contributed by atoms with van der Waals surface area (Å²) >= 11 is 5.81. The maximum atomic E-state index is 10.1. The highest BCUT2D eigenvalue weighted by atomic mass is 35.5. The van der Waals surface area contributed by atoms with Crippen molar-refractivity contribution in [1.82, 2.24) is 0 Å². The zero-order chi connectivity index (χ0) is 14.5. The topological polar surface area (TPSA) is 43.1 Å². The molecule has 4 nitrogen and oxygen atoms in total. The third-order valence-corrected chi connectivity index (χ3v) is 3.65. The molecule has 0 amide bonds. The number of rotatable bonds is 5. The molecule has 0 radical (unpaired) electrons. The van der Waals surface area contributed by atoms with Gasteiger partial charge in [0.25, 0.3) is 0 Å². The van der Waals surface area contributed by atoms with Crippen LogP contribution in [-0.4, -0.2) is 49.7 Å². The van der Waals surface area contributed by atoms with E-state index >= 15 is 0 Å². The summed E-state index contributed by atoms with van der Waals surface area (Å²) in [7, 11) is 0. The molecule has 3 atom stereocenters. The smallest absolute Gasteiger partial charge is 0.137 e. The first kappa shape index (κ1) is 15.6. The molecular weight excluding hydrogens is 278 g/mol. The molecule has 0 bridgehead atoms. The molecule has 1 heterocycles. The van der Waals surface area contributed by atoms with Gasteiger partial charge in [-0.2, -0.15) is 0 Å². The SMILES string of the molecule is C[C@H]1C[NH+](C[C@H](O)COc2ccc(Cl)cc2)C[C@H](C)O1. The van der Waals surface area contributed by atoms with Gasteiger partial charge in [-0.25, -0.2) is 0 Å². The molecule has 1 aliphatic heterocycles. The number of ether oxygens (including phenoxy) is 2. The van der Waals surface area contributed by atoms with Crippen LogP contribution in [0.3, 0.4) is 0 Å². The number of morpholine rings is 1. The second-order valence-corrected chi connectivity index (χ2v) is 5.97. The van der Waals surface area contributed by atoms with Crippen LogP contribution >= 0.6 is 11.6 Å². The lowest BCUT2D eigenvalue weighted by Gasteiger charge is -2.33. The number of benzene rings is 1. The summed E-state index contributed by atoms with van der Waals surface area (Å²) in [6.45, 7) is 7.00. The quantitative estimate of drug-likeness (QED) is 0.844. The molecule has 0 saturated carbocycles. The average molecular weight is 301 g/mol. The van der Waals surface area contributed by atoms with Crippen LogP contribution in [0.1, 0.15) is 13.8 Å². The minimum Gasteiger partial charge on any atom is -0.491 e. The predicted molar refractivity (Wildman–Crippen MR) is 78.5 cm³/mol. The van der Waals surface area contributed by atoms with Crippen LogP contribution in [0.4, 0.5) is 0 Å². The second-order valence-electron chi connectivity index (χ2n) is 5.54. The highest BCUT2D eigenvalue weighted by molar-refractivity contribution is 6.30. The summed E-state index contributed by atoms with van der Waals surface area (Å²) in [5.41, 5.74) is 0. The first-order valence-electron chi connectivity index (χ1n) is 7.08. The molecule has 0 aromatic heterocycles. The van der Waals surface area contributed by atoms with Crippen molar-refractivity contribution in [3.8, 4) is 5.75 Å². The number of hydrogen-bond acceptors (Lipinski definition) is 3. The molecule has 1 aromatic rings. The van der Waals surface area contributed by atoms with E-state index in [9.17, 15) is 5.11 Å². The molecule has 0 unspecified atom stereocenters. The van der Waals surface area contributed by atoms with E-state index in [0.717, 1.165) is 18.8 Å². The van der Waals surface area contributed by atoms with Crippen molar-refractivity contribution in [2.75, 3.05) is 26.2 Å². The largest absolute Gasteiger partial charge is 0.491 e. The van der Waals surface area contributed by atoms with Gasteiger partial charge in [0.05, 0.1) is 0 Å². The van der Waals surface area contributed by atoms with Gasteiger partial charge in [0.15, 0.2) is 0 Å². The van der Waals surface area contributed by atoms with Crippen LogP contribution in [0.2, 0.25) is 5.02 Å². The van der Waals surface area contributed by atoms with E-state index < -0.39 is 6.10 Å². The lowest BCUT2D eigenvalue weighted by atomic mass is 10.2. The summed E-state index contributed by atoms with van der Waals surface area (Å²) in [6.07, 6.45) is 0.0226. The third kappa shape index (κ3) is 4.94. The van der Waals surface area contributed by atoms with Crippen LogP contribution < -0.4 is 9.64 Å². The van der Waals surface area contributed by atoms with Crippen molar-refractivity contribution in [3.05, 3.63) is 29.3 Å². The number of hydrogen-bond donors (Lipinski definition) is 2. The Kier molecular flexibility index (Phi) is 5.66. The van der Waals surface area contributed by atoms with E-state index in [0.29, 0.717) is 18.2 Å². The maximum Gasteiger partial charge on any atom is 0.137 e. The van der Waals surface area contributed by atoms with Gasteiger partial charge in [0, 0.05) is 5.02 Å². The van der Waals surface area contributed by atoms with Gasteiger partial charge in [0.1, 0.15) is 50.3 Å². The highest BCUT2D eigenvalue weighted by Gasteiger charge is 2.27. The molecule has 2 rings (SSSR count). The van der Waals surface area contributed by atoms with E-state index in [1.165, 1.54) is 4.90 Å². The number of halogens is 1. The molecule has 2 N–H and O–H groups in total. The van der Waals surface area contributed by atoms with Crippen molar-refractivity contribution in [2.24, 2.45) is 0 Å². The molecule has 1 fully saturated rings. The molecule has 0 spiro atoms. The van der Waals surface area contributed by atoms with E-state index in [1.54, 1.807) is 24.3 Å². The monoisotopic (exact) mass is 300 g/mol. The van der Waals surface area contributed by atoms with E-state index in [1.807, 2.05) is 0 Å². The highest BCUT2D eigenvalue weighted by Crippen LogP contribution is 2.15. The van der Waals surface area contributed by atoms with Crippen molar-refractivity contribution >= 4 is 11.6 Å². The standard InChI is InChI=1S/C15H22ClNO3/c1-11-7-17(8-12(2)20-11)9-14(18)10-19-15-5-3-13(16)4-6-15/h3-6,11-12,14,18H,7-10H2,1-2H3/p+1/t11-,12-,14-/m0/s1. The molecule has 1 aliphatic rings. The van der Waals surface area contributed by atoms with Crippen LogP contribution in [0, 0.1) is 0 Å². The maximum absolute atomic E-state index is 10.1. The van der Waals surface area contributed by atoms with Gasteiger partial charge in [-0.05, 0) is 38.1 Å². The Balaban J connectivity index is 1.74. The second kappa shape index (κ2) is 7.27. The molecule has 1 aromatic carbocycles. The Morgan fingerprint density at radius 1 is 1.30 bits per heavy atom. The summed E-state index contributed by atoms with van der Waals surface area (Å²) < 4.78 is 11.3. The van der Waals surface area contributed by atoms with Crippen molar-refractivity contribution in [3.63, 3.8) is 0 Å². The zero-order valence-corrected chi connectivity index (χ0v) is 12.8. The first-order chi connectivity index (χ1) is 9.52. The fourth-order valence-electron chi connectivity index (χ4n) is 2.67. The Bertz CT molecular complexity index is 402. The zero-order valence-electron chi connectivity index (χ0n) is 12.0. The predicted octanol–water partition coefficient (Wildman–Crippen LogP) is 0.772. The Morgan fingerprint density at radius 3 is 2.50 bits per heavy atom. The van der Waals surface area contributed by atoms with E-state index in [2.05, 4.69) is 13.8 Å². The summed E-state index contributed by atoms with van der Waals surface area (Å²) in [4.78, 5) is 1.36. The van der Waals surface area contributed by atoms with Gasteiger partial charge in [-0.1, -0.05) is 11.6 Å². The Morgan fingerprint density at radius 2 is 1.90 bits per heavy atom. The van der Waals surface area contributed by atoms with Crippen LogP contribution in [0.5, 0.6) is 5.75 Å². The summed E-state index contributed by atoms with van der Waals surface area (Å²) in [5, 5.41) is 10.8. The number of aliphatic hydroxyl groups excluding tert-OH is 1. The van der Waals surface area contributed by atoms with Crippen molar-refractivity contribution < 1.29 is 19.5 Å². The normalized spacial score (nSPS) is 28.1. The molecule has 20 heavy (non-hydrogen) atoms. The van der Waals surface area contributed by atoms with Gasteiger partial charge in [0.2, 0.25) is 0 Å².